The molecule has 5 nitrogen and oxygen atoms in total. The van der Waals surface area contributed by atoms with Crippen LogP contribution in [0.2, 0.25) is 0 Å². The van der Waals surface area contributed by atoms with Crippen LogP contribution in [0.1, 0.15) is 46.5 Å². The molecule has 3 atom stereocenters. The van der Waals surface area contributed by atoms with Crippen molar-refractivity contribution in [3.05, 3.63) is 0 Å². The molecular formula is C15H31N3O2S. The second-order valence-electron chi connectivity index (χ2n) is 7.05. The normalized spacial score (nSPS) is 31.2. The van der Waals surface area contributed by atoms with Gasteiger partial charge >= 0.3 is 0 Å². The number of nitrogens with zero attached hydrogens (tertiary/aromatic N) is 2. The van der Waals surface area contributed by atoms with Gasteiger partial charge in [0, 0.05) is 32.2 Å². The SMILES string of the molecule is C[C@@H]1CCCN([C@@H](C)CNS(=O)(=O)N2CCC[C@@H](C)C2)C1. The van der Waals surface area contributed by atoms with Crippen LogP contribution in [-0.4, -0.2) is 56.4 Å². The lowest BCUT2D eigenvalue weighted by molar-refractivity contribution is 0.139. The first-order valence-corrected chi connectivity index (χ1v) is 9.81. The molecule has 0 unspecified atom stereocenters. The zero-order valence-corrected chi connectivity index (χ0v) is 14.5. The maximum absolute atomic E-state index is 12.4. The van der Waals surface area contributed by atoms with Crippen LogP contribution in [0.5, 0.6) is 0 Å². The third kappa shape index (κ3) is 4.91. The molecule has 0 radical (unpaired) electrons. The van der Waals surface area contributed by atoms with E-state index in [4.69, 9.17) is 0 Å². The van der Waals surface area contributed by atoms with E-state index in [2.05, 4.69) is 30.4 Å². The summed E-state index contributed by atoms with van der Waals surface area (Å²) in [6.45, 7) is 10.5. The molecular weight excluding hydrogens is 286 g/mol. The van der Waals surface area contributed by atoms with Crippen molar-refractivity contribution >= 4 is 10.2 Å². The second kappa shape index (κ2) is 7.40. The zero-order chi connectivity index (χ0) is 15.5. The summed E-state index contributed by atoms with van der Waals surface area (Å²) in [7, 11) is -3.31. The Kier molecular flexibility index (Phi) is 6.05. The molecule has 2 heterocycles. The predicted molar refractivity (Wildman–Crippen MR) is 86.3 cm³/mol. The highest BCUT2D eigenvalue weighted by atomic mass is 32.2. The van der Waals surface area contributed by atoms with E-state index in [1.54, 1.807) is 4.31 Å². The molecule has 2 aliphatic heterocycles. The maximum atomic E-state index is 12.4. The minimum atomic E-state index is -3.31. The third-order valence-electron chi connectivity index (χ3n) is 4.83. The molecule has 0 amide bonds. The van der Waals surface area contributed by atoms with Gasteiger partial charge in [-0.3, -0.25) is 4.90 Å². The largest absolute Gasteiger partial charge is 0.299 e. The van der Waals surface area contributed by atoms with Gasteiger partial charge in [0.15, 0.2) is 0 Å². The number of hydrogen-bond acceptors (Lipinski definition) is 3. The second-order valence-corrected chi connectivity index (χ2v) is 8.81. The van der Waals surface area contributed by atoms with Crippen molar-refractivity contribution in [2.24, 2.45) is 11.8 Å². The van der Waals surface area contributed by atoms with E-state index in [9.17, 15) is 8.42 Å². The fourth-order valence-electron chi connectivity index (χ4n) is 3.44. The van der Waals surface area contributed by atoms with E-state index in [0.29, 0.717) is 25.6 Å². The van der Waals surface area contributed by atoms with E-state index in [0.717, 1.165) is 31.8 Å². The minimum Gasteiger partial charge on any atom is -0.299 e. The van der Waals surface area contributed by atoms with Crippen LogP contribution in [0, 0.1) is 11.8 Å². The van der Waals surface area contributed by atoms with Crippen LogP contribution in [-0.2, 0) is 10.2 Å². The summed E-state index contributed by atoms with van der Waals surface area (Å²) in [4.78, 5) is 2.41. The lowest BCUT2D eigenvalue weighted by Crippen LogP contribution is -2.50. The van der Waals surface area contributed by atoms with Gasteiger partial charge in [-0.2, -0.15) is 12.7 Å². The monoisotopic (exact) mass is 317 g/mol. The highest BCUT2D eigenvalue weighted by Gasteiger charge is 2.28. The molecule has 0 saturated carbocycles. The molecule has 0 aliphatic carbocycles. The summed E-state index contributed by atoms with van der Waals surface area (Å²) in [5.74, 6) is 1.19. The lowest BCUT2D eigenvalue weighted by atomic mass is 9.99. The summed E-state index contributed by atoms with van der Waals surface area (Å²) in [6.07, 6.45) is 4.62. The van der Waals surface area contributed by atoms with Gasteiger partial charge in [0.2, 0.25) is 0 Å². The Hall–Kier alpha value is -0.170. The number of likely N-dealkylation sites (tertiary alicyclic amines) is 1. The lowest BCUT2D eigenvalue weighted by Gasteiger charge is -2.36. The fourth-order valence-corrected chi connectivity index (χ4v) is 4.89. The van der Waals surface area contributed by atoms with Gasteiger partial charge in [-0.1, -0.05) is 13.8 Å². The molecule has 0 aromatic carbocycles. The Balaban J connectivity index is 1.83. The van der Waals surface area contributed by atoms with E-state index in [-0.39, 0.29) is 6.04 Å². The molecule has 1 N–H and O–H groups in total. The van der Waals surface area contributed by atoms with Crippen LogP contribution in [0.25, 0.3) is 0 Å². The summed E-state index contributed by atoms with van der Waals surface area (Å²) >= 11 is 0. The first kappa shape index (κ1) is 17.2. The van der Waals surface area contributed by atoms with Gasteiger partial charge in [0.25, 0.3) is 10.2 Å². The summed E-state index contributed by atoms with van der Waals surface area (Å²) in [5, 5.41) is 0. The Bertz CT molecular complexity index is 427. The van der Waals surface area contributed by atoms with Crippen molar-refractivity contribution in [3.63, 3.8) is 0 Å². The van der Waals surface area contributed by atoms with Crippen molar-refractivity contribution in [2.45, 2.75) is 52.5 Å². The Morgan fingerprint density at radius 1 is 1.10 bits per heavy atom. The Labute approximate surface area is 130 Å². The summed E-state index contributed by atoms with van der Waals surface area (Å²) in [6, 6.07) is 0.268. The Morgan fingerprint density at radius 2 is 1.71 bits per heavy atom. The van der Waals surface area contributed by atoms with E-state index < -0.39 is 10.2 Å². The maximum Gasteiger partial charge on any atom is 0.279 e. The van der Waals surface area contributed by atoms with Crippen molar-refractivity contribution in [1.29, 1.82) is 0 Å². The summed E-state index contributed by atoms with van der Waals surface area (Å²) in [5.41, 5.74) is 0. The molecule has 2 rings (SSSR count). The van der Waals surface area contributed by atoms with Gasteiger partial charge in [-0.25, -0.2) is 4.72 Å². The molecule has 0 aromatic heterocycles. The molecule has 0 bridgehead atoms. The van der Waals surface area contributed by atoms with Crippen LogP contribution in [0.3, 0.4) is 0 Å². The van der Waals surface area contributed by atoms with E-state index in [1.165, 1.54) is 12.8 Å². The zero-order valence-electron chi connectivity index (χ0n) is 13.7. The van der Waals surface area contributed by atoms with Crippen molar-refractivity contribution in [2.75, 3.05) is 32.7 Å². The van der Waals surface area contributed by atoms with E-state index in [1.807, 2.05) is 0 Å². The molecule has 0 spiro atoms. The smallest absolute Gasteiger partial charge is 0.279 e. The molecule has 21 heavy (non-hydrogen) atoms. The highest BCUT2D eigenvalue weighted by molar-refractivity contribution is 7.87. The quantitative estimate of drug-likeness (QED) is 0.839. The topological polar surface area (TPSA) is 52.7 Å². The van der Waals surface area contributed by atoms with E-state index >= 15 is 0 Å². The van der Waals surface area contributed by atoms with Crippen molar-refractivity contribution in [3.8, 4) is 0 Å². The first-order chi connectivity index (χ1) is 9.88. The number of hydrogen-bond donors (Lipinski definition) is 1. The fraction of sp³-hybridized carbons (Fsp3) is 1.00. The van der Waals surface area contributed by atoms with Gasteiger partial charge in [-0.15, -0.1) is 0 Å². The average Bonchev–Trinajstić information content (AvgIpc) is 2.45. The predicted octanol–water partition coefficient (Wildman–Crippen LogP) is 1.67. The molecule has 0 aromatic rings. The van der Waals surface area contributed by atoms with Crippen LogP contribution in [0.4, 0.5) is 0 Å². The number of nitrogens with one attached hydrogen (secondary N) is 1. The third-order valence-corrected chi connectivity index (χ3v) is 6.38. The molecule has 2 saturated heterocycles. The molecule has 6 heteroatoms. The number of piperidine rings is 2. The van der Waals surface area contributed by atoms with Crippen LogP contribution >= 0.6 is 0 Å². The van der Waals surface area contributed by atoms with Crippen molar-refractivity contribution < 1.29 is 8.42 Å². The summed E-state index contributed by atoms with van der Waals surface area (Å²) < 4.78 is 29.2. The standard InChI is InChI=1S/C15H31N3O2S/c1-13-6-4-8-17(11-13)15(3)10-16-21(19,20)18-9-5-7-14(2)12-18/h13-16H,4-12H2,1-3H3/t13-,14-,15+/m1/s1. The molecule has 124 valence electrons. The van der Waals surface area contributed by atoms with Gasteiger partial charge in [0.05, 0.1) is 0 Å². The van der Waals surface area contributed by atoms with Gasteiger partial charge < -0.3 is 0 Å². The molecule has 2 fully saturated rings. The van der Waals surface area contributed by atoms with Gasteiger partial charge in [0.1, 0.15) is 0 Å². The molecule has 2 aliphatic rings. The minimum absolute atomic E-state index is 0.268. The van der Waals surface area contributed by atoms with Crippen LogP contribution in [0.15, 0.2) is 0 Å². The van der Waals surface area contributed by atoms with Gasteiger partial charge in [-0.05, 0) is 51.0 Å². The highest BCUT2D eigenvalue weighted by Crippen LogP contribution is 2.19. The van der Waals surface area contributed by atoms with Crippen molar-refractivity contribution in [1.82, 2.24) is 13.9 Å². The Morgan fingerprint density at radius 3 is 2.33 bits per heavy atom. The van der Waals surface area contributed by atoms with Crippen LogP contribution < -0.4 is 4.72 Å². The number of rotatable bonds is 5. The first-order valence-electron chi connectivity index (χ1n) is 8.37. The average molecular weight is 317 g/mol.